The van der Waals surface area contributed by atoms with Gasteiger partial charge in [-0.2, -0.15) is 0 Å². The Morgan fingerprint density at radius 1 is 1.14 bits per heavy atom. The second kappa shape index (κ2) is 8.06. The number of benzene rings is 1. The fraction of sp³-hybridized carbons (Fsp3) is 0.286. The third-order valence-electron chi connectivity index (χ3n) is 4.73. The van der Waals surface area contributed by atoms with E-state index in [-0.39, 0.29) is 6.54 Å². The molecule has 2 heterocycles. The molecule has 1 N–H and O–H groups in total. The highest BCUT2D eigenvalue weighted by molar-refractivity contribution is 8.18. The van der Waals surface area contributed by atoms with Gasteiger partial charge in [0.15, 0.2) is 0 Å². The number of hydrogen-bond acceptors (Lipinski definition) is 4. The van der Waals surface area contributed by atoms with E-state index in [4.69, 9.17) is 0 Å². The average molecular weight is 398 g/mol. The molecule has 0 radical (unpaired) electrons. The Kier molecular flexibility index (Phi) is 5.74. The topological polar surface area (TPSA) is 71.4 Å². The molecule has 1 aromatic carbocycles. The van der Waals surface area contributed by atoms with Crippen LogP contribution in [0.3, 0.4) is 0 Å². The van der Waals surface area contributed by atoms with Crippen LogP contribution in [0, 0.1) is 20.8 Å². The number of nitrogens with one attached hydrogen (secondary N) is 1. The zero-order valence-corrected chi connectivity index (χ0v) is 17.2. The van der Waals surface area contributed by atoms with Gasteiger partial charge in [-0.3, -0.25) is 19.3 Å². The van der Waals surface area contributed by atoms with Crippen LogP contribution in [0.4, 0.5) is 10.5 Å². The van der Waals surface area contributed by atoms with Crippen molar-refractivity contribution < 1.29 is 14.4 Å². The van der Waals surface area contributed by atoms with Gasteiger partial charge in [0.2, 0.25) is 5.91 Å². The standard InChI is InChI=1S/C21H23N3O3S/c1-5-23-14(3)10-16(15(23)4)11-18-20(26)24(21(27)28-18)12-19(25)22-17-8-6-13(2)7-9-17/h6-11H,5,12H2,1-4H3,(H,22,25)/b18-11-. The van der Waals surface area contributed by atoms with E-state index in [9.17, 15) is 14.4 Å². The predicted molar refractivity (Wildman–Crippen MR) is 112 cm³/mol. The normalized spacial score (nSPS) is 15.6. The van der Waals surface area contributed by atoms with Crippen LogP contribution in [-0.4, -0.2) is 33.1 Å². The summed E-state index contributed by atoms with van der Waals surface area (Å²) in [7, 11) is 0. The average Bonchev–Trinajstić information content (AvgIpc) is 3.06. The van der Waals surface area contributed by atoms with E-state index in [2.05, 4.69) is 16.8 Å². The summed E-state index contributed by atoms with van der Waals surface area (Å²) in [5.41, 5.74) is 4.77. The van der Waals surface area contributed by atoms with Crippen molar-refractivity contribution in [2.45, 2.75) is 34.2 Å². The van der Waals surface area contributed by atoms with Crippen molar-refractivity contribution in [1.82, 2.24) is 9.47 Å². The van der Waals surface area contributed by atoms with Crippen LogP contribution >= 0.6 is 11.8 Å². The van der Waals surface area contributed by atoms with Crippen LogP contribution in [0.1, 0.15) is 29.4 Å². The monoisotopic (exact) mass is 397 g/mol. The van der Waals surface area contributed by atoms with Gasteiger partial charge in [-0.1, -0.05) is 17.7 Å². The highest BCUT2D eigenvalue weighted by atomic mass is 32.2. The highest BCUT2D eigenvalue weighted by Gasteiger charge is 2.36. The van der Waals surface area contributed by atoms with E-state index in [0.717, 1.165) is 45.7 Å². The third kappa shape index (κ3) is 4.04. The fourth-order valence-corrected chi connectivity index (χ4v) is 4.05. The first kappa shape index (κ1) is 19.9. The molecule has 3 amide bonds. The van der Waals surface area contributed by atoms with Gasteiger partial charge in [-0.15, -0.1) is 0 Å². The molecule has 28 heavy (non-hydrogen) atoms. The molecular weight excluding hydrogens is 374 g/mol. The van der Waals surface area contributed by atoms with E-state index in [1.807, 2.05) is 39.0 Å². The number of carbonyl (C=O) groups is 3. The molecule has 1 aromatic heterocycles. The van der Waals surface area contributed by atoms with Crippen LogP contribution in [0.25, 0.3) is 6.08 Å². The Balaban J connectivity index is 1.73. The number of rotatable bonds is 5. The third-order valence-corrected chi connectivity index (χ3v) is 5.63. The molecule has 7 heteroatoms. The number of imide groups is 1. The Bertz CT molecular complexity index is 974. The van der Waals surface area contributed by atoms with Crippen molar-refractivity contribution >= 4 is 40.6 Å². The quantitative estimate of drug-likeness (QED) is 0.771. The maximum absolute atomic E-state index is 12.7. The molecule has 1 saturated heterocycles. The lowest BCUT2D eigenvalue weighted by atomic mass is 10.2. The number of aryl methyl sites for hydroxylation is 2. The summed E-state index contributed by atoms with van der Waals surface area (Å²) in [5.74, 6) is -0.841. The number of thioether (sulfide) groups is 1. The van der Waals surface area contributed by atoms with Crippen molar-refractivity contribution in [2.75, 3.05) is 11.9 Å². The van der Waals surface area contributed by atoms with Gasteiger partial charge < -0.3 is 9.88 Å². The highest BCUT2D eigenvalue weighted by Crippen LogP contribution is 2.33. The van der Waals surface area contributed by atoms with Gasteiger partial charge in [-0.25, -0.2) is 0 Å². The molecule has 1 fully saturated rings. The van der Waals surface area contributed by atoms with Gasteiger partial charge in [0, 0.05) is 23.6 Å². The summed E-state index contributed by atoms with van der Waals surface area (Å²) in [6, 6.07) is 9.32. The number of hydrogen-bond donors (Lipinski definition) is 1. The molecule has 0 unspecified atom stereocenters. The van der Waals surface area contributed by atoms with Crippen LogP contribution in [-0.2, 0) is 16.1 Å². The molecule has 6 nitrogen and oxygen atoms in total. The van der Waals surface area contributed by atoms with E-state index >= 15 is 0 Å². The largest absolute Gasteiger partial charge is 0.349 e. The maximum atomic E-state index is 12.7. The first-order valence-corrected chi connectivity index (χ1v) is 9.90. The maximum Gasteiger partial charge on any atom is 0.294 e. The zero-order chi connectivity index (χ0) is 20.4. The van der Waals surface area contributed by atoms with Gasteiger partial charge in [0.1, 0.15) is 6.54 Å². The van der Waals surface area contributed by atoms with Crippen LogP contribution in [0.15, 0.2) is 35.2 Å². The number of aromatic nitrogens is 1. The molecular formula is C21H23N3O3S. The van der Waals surface area contributed by atoms with E-state index in [1.165, 1.54) is 0 Å². The summed E-state index contributed by atoms with van der Waals surface area (Å²) in [5, 5.41) is 2.28. The molecule has 0 saturated carbocycles. The second-order valence-corrected chi connectivity index (χ2v) is 7.75. The first-order valence-electron chi connectivity index (χ1n) is 9.08. The summed E-state index contributed by atoms with van der Waals surface area (Å²) < 4.78 is 2.14. The Morgan fingerprint density at radius 2 is 1.82 bits per heavy atom. The summed E-state index contributed by atoms with van der Waals surface area (Å²) >= 11 is 0.868. The van der Waals surface area contributed by atoms with E-state index in [1.54, 1.807) is 18.2 Å². The smallest absolute Gasteiger partial charge is 0.294 e. The lowest BCUT2D eigenvalue weighted by Gasteiger charge is -2.12. The molecule has 146 valence electrons. The van der Waals surface area contributed by atoms with Crippen molar-refractivity contribution in [3.8, 4) is 0 Å². The molecule has 1 aliphatic rings. The lowest BCUT2D eigenvalue weighted by Crippen LogP contribution is -2.36. The van der Waals surface area contributed by atoms with Crippen molar-refractivity contribution in [2.24, 2.45) is 0 Å². The van der Waals surface area contributed by atoms with E-state index < -0.39 is 17.1 Å². The van der Waals surface area contributed by atoms with Crippen molar-refractivity contribution in [3.63, 3.8) is 0 Å². The second-order valence-electron chi connectivity index (χ2n) is 6.75. The molecule has 0 aliphatic carbocycles. The van der Waals surface area contributed by atoms with Crippen LogP contribution in [0.5, 0.6) is 0 Å². The molecule has 0 bridgehead atoms. The van der Waals surface area contributed by atoms with Gasteiger partial charge in [-0.05, 0) is 69.3 Å². The number of anilines is 1. The minimum atomic E-state index is -0.435. The minimum Gasteiger partial charge on any atom is -0.349 e. The van der Waals surface area contributed by atoms with Gasteiger partial charge in [0.25, 0.3) is 11.1 Å². The summed E-state index contributed by atoms with van der Waals surface area (Å²) in [6.07, 6.45) is 1.73. The summed E-state index contributed by atoms with van der Waals surface area (Å²) in [6.45, 7) is 8.55. The molecule has 0 spiro atoms. The number of nitrogens with zero attached hydrogens (tertiary/aromatic N) is 2. The summed E-state index contributed by atoms with van der Waals surface area (Å²) in [4.78, 5) is 38.5. The Labute approximate surface area is 168 Å². The molecule has 1 aliphatic heterocycles. The SMILES string of the molecule is CCn1c(C)cc(/C=C2\SC(=O)N(CC(=O)Nc3ccc(C)cc3)C2=O)c1C. The predicted octanol–water partition coefficient (Wildman–Crippen LogP) is 4.11. The molecule has 0 atom stereocenters. The van der Waals surface area contributed by atoms with Crippen molar-refractivity contribution in [1.29, 1.82) is 0 Å². The van der Waals surface area contributed by atoms with Crippen LogP contribution in [0.2, 0.25) is 0 Å². The molecule has 3 rings (SSSR count). The Morgan fingerprint density at radius 3 is 2.43 bits per heavy atom. The fourth-order valence-electron chi connectivity index (χ4n) is 3.22. The number of amides is 3. The van der Waals surface area contributed by atoms with Gasteiger partial charge in [0.05, 0.1) is 4.91 Å². The number of carbonyl (C=O) groups excluding carboxylic acids is 3. The molecule has 2 aromatic rings. The zero-order valence-electron chi connectivity index (χ0n) is 16.4. The van der Waals surface area contributed by atoms with Crippen LogP contribution < -0.4 is 5.32 Å². The first-order chi connectivity index (χ1) is 13.3. The van der Waals surface area contributed by atoms with Crippen molar-refractivity contribution in [3.05, 3.63) is 57.8 Å². The lowest BCUT2D eigenvalue weighted by molar-refractivity contribution is -0.127. The minimum absolute atomic E-state index is 0.302. The van der Waals surface area contributed by atoms with Gasteiger partial charge >= 0.3 is 0 Å². The Hall–Kier alpha value is -2.80. The van der Waals surface area contributed by atoms with E-state index in [0.29, 0.717) is 10.6 Å².